The zero-order valence-electron chi connectivity index (χ0n) is 14.8. The number of hydrogen-bond donors (Lipinski definition) is 0. The van der Waals surface area contributed by atoms with E-state index in [4.69, 9.17) is 14.5 Å². The number of halogens is 1. The average molecular weight is 424 g/mol. The van der Waals surface area contributed by atoms with Gasteiger partial charge in [-0.25, -0.2) is 4.98 Å². The lowest BCUT2D eigenvalue weighted by Gasteiger charge is -2.08. The Balaban J connectivity index is 0.00000225. The van der Waals surface area contributed by atoms with Crippen molar-refractivity contribution in [3.8, 4) is 22.8 Å². The highest BCUT2D eigenvalue weighted by atomic mass is 79.9. The van der Waals surface area contributed by atoms with Crippen LogP contribution in [0.3, 0.4) is 0 Å². The van der Waals surface area contributed by atoms with E-state index in [-0.39, 0.29) is 17.0 Å². The summed E-state index contributed by atoms with van der Waals surface area (Å²) in [5, 5.41) is 7.68. The number of benzene rings is 1. The standard InChI is InChI=1S/C18H21N3O2S.BrH/c1-12-9-13(2)21(20-12)8-7-18-19-15(11-24-18)14-5-6-16(22-3)17(10-14)23-4;/h5-6,9-11H,7-8H2,1-4H3;1H. The number of rotatable bonds is 6. The minimum atomic E-state index is 0. The molecule has 0 aliphatic carbocycles. The second kappa shape index (κ2) is 8.49. The number of hydrogen-bond acceptors (Lipinski definition) is 5. The van der Waals surface area contributed by atoms with Crippen molar-refractivity contribution in [1.29, 1.82) is 0 Å². The van der Waals surface area contributed by atoms with Gasteiger partial charge in [0.15, 0.2) is 11.5 Å². The molecule has 25 heavy (non-hydrogen) atoms. The van der Waals surface area contributed by atoms with Crippen LogP contribution in [0.25, 0.3) is 11.3 Å². The Hall–Kier alpha value is -1.86. The molecule has 134 valence electrons. The van der Waals surface area contributed by atoms with Crippen molar-refractivity contribution >= 4 is 28.3 Å². The molecule has 7 heteroatoms. The Morgan fingerprint density at radius 2 is 1.84 bits per heavy atom. The SMILES string of the molecule is Br.COc1ccc(-c2csc(CCn3nc(C)cc3C)n2)cc1OC. The van der Waals surface area contributed by atoms with Crippen molar-refractivity contribution in [3.05, 3.63) is 46.0 Å². The molecule has 0 N–H and O–H groups in total. The van der Waals surface area contributed by atoms with E-state index in [1.165, 1.54) is 5.69 Å². The summed E-state index contributed by atoms with van der Waals surface area (Å²) in [6, 6.07) is 7.96. The highest BCUT2D eigenvalue weighted by molar-refractivity contribution is 8.93. The van der Waals surface area contributed by atoms with Crippen LogP contribution in [0, 0.1) is 13.8 Å². The average Bonchev–Trinajstić information content (AvgIpc) is 3.18. The van der Waals surface area contributed by atoms with Crippen LogP contribution >= 0.6 is 28.3 Å². The van der Waals surface area contributed by atoms with E-state index < -0.39 is 0 Å². The number of ether oxygens (including phenoxy) is 2. The molecule has 0 amide bonds. The lowest BCUT2D eigenvalue weighted by atomic mass is 10.1. The largest absolute Gasteiger partial charge is 0.493 e. The molecule has 0 spiro atoms. The van der Waals surface area contributed by atoms with E-state index in [0.717, 1.165) is 40.7 Å². The zero-order valence-corrected chi connectivity index (χ0v) is 17.3. The summed E-state index contributed by atoms with van der Waals surface area (Å²) < 4.78 is 12.7. The van der Waals surface area contributed by atoms with Gasteiger partial charge in [-0.05, 0) is 38.1 Å². The minimum absolute atomic E-state index is 0. The first-order valence-electron chi connectivity index (χ1n) is 7.78. The number of aromatic nitrogens is 3. The van der Waals surface area contributed by atoms with E-state index in [1.54, 1.807) is 25.6 Å². The summed E-state index contributed by atoms with van der Waals surface area (Å²) >= 11 is 1.68. The number of thiazole rings is 1. The molecule has 0 saturated carbocycles. The second-order valence-corrected chi connectivity index (χ2v) is 6.54. The topological polar surface area (TPSA) is 49.2 Å². The monoisotopic (exact) mass is 423 g/mol. The molecule has 5 nitrogen and oxygen atoms in total. The second-order valence-electron chi connectivity index (χ2n) is 5.60. The third-order valence-electron chi connectivity index (χ3n) is 3.87. The molecule has 2 heterocycles. The molecule has 0 aliphatic heterocycles. The van der Waals surface area contributed by atoms with Crippen molar-refractivity contribution < 1.29 is 9.47 Å². The van der Waals surface area contributed by atoms with Gasteiger partial charge in [0.1, 0.15) is 0 Å². The first-order valence-corrected chi connectivity index (χ1v) is 8.66. The van der Waals surface area contributed by atoms with E-state index in [2.05, 4.69) is 23.5 Å². The van der Waals surface area contributed by atoms with Gasteiger partial charge in [-0.2, -0.15) is 5.10 Å². The lowest BCUT2D eigenvalue weighted by Crippen LogP contribution is -2.05. The fourth-order valence-corrected chi connectivity index (χ4v) is 3.45. The fraction of sp³-hybridized carbons (Fsp3) is 0.333. The van der Waals surface area contributed by atoms with Gasteiger partial charge in [0.25, 0.3) is 0 Å². The molecule has 0 bridgehead atoms. The van der Waals surface area contributed by atoms with E-state index >= 15 is 0 Å². The zero-order chi connectivity index (χ0) is 17.1. The minimum Gasteiger partial charge on any atom is -0.493 e. The van der Waals surface area contributed by atoms with Crippen molar-refractivity contribution in [1.82, 2.24) is 14.8 Å². The summed E-state index contributed by atoms with van der Waals surface area (Å²) in [4.78, 5) is 4.74. The first kappa shape index (κ1) is 19.5. The maximum Gasteiger partial charge on any atom is 0.161 e. The summed E-state index contributed by atoms with van der Waals surface area (Å²) in [5.74, 6) is 1.44. The number of methoxy groups -OCH3 is 2. The van der Waals surface area contributed by atoms with Crippen LogP contribution in [0.1, 0.15) is 16.4 Å². The Labute approximate surface area is 162 Å². The van der Waals surface area contributed by atoms with Crippen LogP contribution in [0.15, 0.2) is 29.6 Å². The maximum atomic E-state index is 5.37. The molecule has 0 aliphatic rings. The molecular weight excluding hydrogens is 402 g/mol. The van der Waals surface area contributed by atoms with Gasteiger partial charge in [-0.1, -0.05) is 0 Å². The molecule has 3 rings (SSSR count). The highest BCUT2D eigenvalue weighted by Crippen LogP contribution is 2.32. The summed E-state index contributed by atoms with van der Waals surface area (Å²) in [6.07, 6.45) is 0.875. The highest BCUT2D eigenvalue weighted by Gasteiger charge is 2.10. The molecule has 3 aromatic rings. The molecule has 2 aromatic heterocycles. The smallest absolute Gasteiger partial charge is 0.161 e. The van der Waals surface area contributed by atoms with E-state index in [0.29, 0.717) is 5.75 Å². The molecule has 1 aromatic carbocycles. The number of aryl methyl sites for hydroxylation is 4. The van der Waals surface area contributed by atoms with Gasteiger partial charge in [0.05, 0.1) is 30.6 Å². The Morgan fingerprint density at radius 3 is 2.48 bits per heavy atom. The van der Waals surface area contributed by atoms with Crippen LogP contribution in [-0.2, 0) is 13.0 Å². The molecule has 0 atom stereocenters. The predicted molar refractivity (Wildman–Crippen MR) is 106 cm³/mol. The Morgan fingerprint density at radius 1 is 1.08 bits per heavy atom. The van der Waals surface area contributed by atoms with Gasteiger partial charge in [-0.15, -0.1) is 28.3 Å². The fourth-order valence-electron chi connectivity index (χ4n) is 2.66. The molecule has 0 radical (unpaired) electrons. The van der Waals surface area contributed by atoms with Gasteiger partial charge in [0, 0.05) is 29.6 Å². The molecular formula is C18H22BrN3O2S. The van der Waals surface area contributed by atoms with Crippen LogP contribution in [0.5, 0.6) is 11.5 Å². The number of nitrogens with zero attached hydrogens (tertiary/aromatic N) is 3. The Kier molecular flexibility index (Phi) is 6.61. The van der Waals surface area contributed by atoms with E-state index in [1.807, 2.05) is 29.8 Å². The van der Waals surface area contributed by atoms with Crippen molar-refractivity contribution in [2.75, 3.05) is 14.2 Å². The van der Waals surface area contributed by atoms with Crippen LogP contribution in [0.2, 0.25) is 0 Å². The normalized spacial score (nSPS) is 10.4. The maximum absolute atomic E-state index is 5.37. The van der Waals surface area contributed by atoms with E-state index in [9.17, 15) is 0 Å². The van der Waals surface area contributed by atoms with Gasteiger partial charge >= 0.3 is 0 Å². The lowest BCUT2D eigenvalue weighted by molar-refractivity contribution is 0.355. The quantitative estimate of drug-likeness (QED) is 0.586. The van der Waals surface area contributed by atoms with Crippen molar-refractivity contribution in [2.45, 2.75) is 26.8 Å². The third-order valence-corrected chi connectivity index (χ3v) is 4.78. The van der Waals surface area contributed by atoms with Gasteiger partial charge < -0.3 is 9.47 Å². The third kappa shape index (κ3) is 4.41. The summed E-state index contributed by atoms with van der Waals surface area (Å²) in [5.41, 5.74) is 4.23. The van der Waals surface area contributed by atoms with Crippen molar-refractivity contribution in [3.63, 3.8) is 0 Å². The van der Waals surface area contributed by atoms with Crippen LogP contribution in [-0.4, -0.2) is 29.0 Å². The first-order chi connectivity index (χ1) is 11.6. The molecule has 0 saturated heterocycles. The Bertz CT molecular complexity index is 845. The summed E-state index contributed by atoms with van der Waals surface area (Å²) in [6.45, 7) is 4.94. The van der Waals surface area contributed by atoms with Crippen LogP contribution < -0.4 is 9.47 Å². The van der Waals surface area contributed by atoms with Gasteiger partial charge in [0.2, 0.25) is 0 Å². The molecule has 0 fully saturated rings. The summed E-state index contributed by atoms with van der Waals surface area (Å²) in [7, 11) is 3.28. The van der Waals surface area contributed by atoms with Crippen molar-refractivity contribution in [2.24, 2.45) is 0 Å². The van der Waals surface area contributed by atoms with Crippen LogP contribution in [0.4, 0.5) is 0 Å². The predicted octanol–water partition coefficient (Wildman–Crippen LogP) is 4.46. The van der Waals surface area contributed by atoms with Gasteiger partial charge in [-0.3, -0.25) is 4.68 Å². The molecule has 0 unspecified atom stereocenters.